The summed E-state index contributed by atoms with van der Waals surface area (Å²) in [4.78, 5) is 10.9. The standard InChI is InChI=1S/C12H14O5/c1-2-3-10(12(13)14)17-8-4-5-9-11(6-8)16-7-15-9/h4-6,10H,2-3,7H2,1H3,(H,13,14). The predicted molar refractivity (Wildman–Crippen MR) is 59.5 cm³/mol. The normalized spacial score (nSPS) is 14.4. The van der Waals surface area contributed by atoms with Crippen molar-refractivity contribution in [2.45, 2.75) is 25.9 Å². The van der Waals surface area contributed by atoms with Crippen LogP contribution >= 0.6 is 0 Å². The summed E-state index contributed by atoms with van der Waals surface area (Å²) < 4.78 is 15.8. The average Bonchev–Trinajstić information content (AvgIpc) is 2.75. The molecule has 0 aromatic heterocycles. The molecular weight excluding hydrogens is 224 g/mol. The van der Waals surface area contributed by atoms with E-state index in [1.807, 2.05) is 6.92 Å². The number of carboxylic acid groups (broad SMARTS) is 1. The molecule has 0 radical (unpaired) electrons. The smallest absolute Gasteiger partial charge is 0.344 e. The van der Waals surface area contributed by atoms with E-state index in [1.54, 1.807) is 18.2 Å². The Bertz CT molecular complexity index is 415. The number of carbonyl (C=O) groups is 1. The summed E-state index contributed by atoms with van der Waals surface area (Å²) in [6.07, 6.45) is 0.408. The van der Waals surface area contributed by atoms with Crippen LogP contribution in [0.4, 0.5) is 0 Å². The summed E-state index contributed by atoms with van der Waals surface area (Å²) in [6, 6.07) is 5.04. The van der Waals surface area contributed by atoms with Gasteiger partial charge in [0.25, 0.3) is 0 Å². The van der Waals surface area contributed by atoms with Gasteiger partial charge in [0.05, 0.1) is 0 Å². The van der Waals surface area contributed by atoms with Gasteiger partial charge in [-0.05, 0) is 18.6 Å². The molecule has 0 saturated carbocycles. The maximum atomic E-state index is 10.9. The lowest BCUT2D eigenvalue weighted by molar-refractivity contribution is -0.145. The van der Waals surface area contributed by atoms with Crippen molar-refractivity contribution in [2.24, 2.45) is 0 Å². The Morgan fingerprint density at radius 2 is 2.24 bits per heavy atom. The van der Waals surface area contributed by atoms with E-state index in [9.17, 15) is 4.79 Å². The van der Waals surface area contributed by atoms with E-state index in [-0.39, 0.29) is 6.79 Å². The Hall–Kier alpha value is -1.91. The van der Waals surface area contributed by atoms with Gasteiger partial charge in [-0.1, -0.05) is 13.3 Å². The van der Waals surface area contributed by atoms with Gasteiger partial charge in [-0.3, -0.25) is 0 Å². The molecule has 1 N–H and O–H groups in total. The Morgan fingerprint density at radius 1 is 1.47 bits per heavy atom. The Morgan fingerprint density at radius 3 is 2.94 bits per heavy atom. The summed E-state index contributed by atoms with van der Waals surface area (Å²) in [6.45, 7) is 2.11. The fraction of sp³-hybridized carbons (Fsp3) is 0.417. The fourth-order valence-electron chi connectivity index (χ4n) is 1.61. The van der Waals surface area contributed by atoms with E-state index in [4.69, 9.17) is 19.3 Å². The van der Waals surface area contributed by atoms with E-state index in [0.29, 0.717) is 23.7 Å². The number of rotatable bonds is 5. The minimum Gasteiger partial charge on any atom is -0.479 e. The summed E-state index contributed by atoms with van der Waals surface area (Å²) in [5.74, 6) is 0.766. The third-order valence-electron chi connectivity index (χ3n) is 2.45. The lowest BCUT2D eigenvalue weighted by Gasteiger charge is -2.14. The second kappa shape index (κ2) is 4.95. The molecule has 92 valence electrons. The van der Waals surface area contributed by atoms with Gasteiger partial charge in [0.15, 0.2) is 17.6 Å². The van der Waals surface area contributed by atoms with E-state index >= 15 is 0 Å². The lowest BCUT2D eigenvalue weighted by Crippen LogP contribution is -2.26. The van der Waals surface area contributed by atoms with Crippen molar-refractivity contribution in [1.82, 2.24) is 0 Å². The highest BCUT2D eigenvalue weighted by atomic mass is 16.7. The van der Waals surface area contributed by atoms with E-state index < -0.39 is 12.1 Å². The summed E-state index contributed by atoms with van der Waals surface area (Å²) >= 11 is 0. The zero-order valence-corrected chi connectivity index (χ0v) is 9.51. The van der Waals surface area contributed by atoms with Crippen molar-refractivity contribution in [1.29, 1.82) is 0 Å². The molecule has 1 aromatic carbocycles. The molecule has 1 aromatic rings. The Kier molecular flexibility index (Phi) is 3.37. The molecule has 0 aliphatic carbocycles. The molecule has 1 aliphatic heterocycles. The van der Waals surface area contributed by atoms with Gasteiger partial charge in [0.2, 0.25) is 6.79 Å². The van der Waals surface area contributed by atoms with Gasteiger partial charge in [-0.2, -0.15) is 0 Å². The van der Waals surface area contributed by atoms with Gasteiger partial charge in [0, 0.05) is 6.07 Å². The van der Waals surface area contributed by atoms with Gasteiger partial charge in [-0.25, -0.2) is 4.79 Å². The van der Waals surface area contributed by atoms with Crippen LogP contribution in [-0.4, -0.2) is 24.0 Å². The van der Waals surface area contributed by atoms with Crippen LogP contribution in [0.2, 0.25) is 0 Å². The molecule has 1 atom stereocenters. The van der Waals surface area contributed by atoms with Crippen molar-refractivity contribution < 1.29 is 24.1 Å². The first-order valence-electron chi connectivity index (χ1n) is 5.50. The monoisotopic (exact) mass is 238 g/mol. The van der Waals surface area contributed by atoms with Crippen LogP contribution in [0.15, 0.2) is 18.2 Å². The molecule has 17 heavy (non-hydrogen) atoms. The number of carboxylic acids is 1. The molecule has 0 spiro atoms. The molecule has 0 fully saturated rings. The Balaban J connectivity index is 2.09. The van der Waals surface area contributed by atoms with Crippen LogP contribution in [0.25, 0.3) is 0 Å². The number of benzene rings is 1. The summed E-state index contributed by atoms with van der Waals surface area (Å²) in [7, 11) is 0. The summed E-state index contributed by atoms with van der Waals surface area (Å²) in [5, 5.41) is 8.98. The van der Waals surface area contributed by atoms with Crippen LogP contribution in [-0.2, 0) is 4.79 Å². The molecular formula is C12H14O5. The number of fused-ring (bicyclic) bond motifs is 1. The van der Waals surface area contributed by atoms with Gasteiger partial charge >= 0.3 is 5.97 Å². The van der Waals surface area contributed by atoms with E-state index in [2.05, 4.69) is 0 Å². The van der Waals surface area contributed by atoms with Crippen LogP contribution in [0.3, 0.4) is 0 Å². The molecule has 1 heterocycles. The SMILES string of the molecule is CCCC(Oc1ccc2c(c1)OCO2)C(=O)O. The highest BCUT2D eigenvalue weighted by molar-refractivity contribution is 5.72. The number of hydrogen-bond acceptors (Lipinski definition) is 4. The maximum absolute atomic E-state index is 10.9. The van der Waals surface area contributed by atoms with Crippen LogP contribution in [0, 0.1) is 0 Å². The van der Waals surface area contributed by atoms with Crippen molar-refractivity contribution in [3.8, 4) is 17.2 Å². The highest BCUT2D eigenvalue weighted by Crippen LogP contribution is 2.35. The molecule has 0 saturated heterocycles. The second-order valence-electron chi connectivity index (χ2n) is 3.75. The second-order valence-corrected chi connectivity index (χ2v) is 3.75. The number of hydrogen-bond donors (Lipinski definition) is 1. The molecule has 5 nitrogen and oxygen atoms in total. The van der Waals surface area contributed by atoms with E-state index in [0.717, 1.165) is 6.42 Å². The van der Waals surface area contributed by atoms with Crippen LogP contribution in [0.5, 0.6) is 17.2 Å². The zero-order chi connectivity index (χ0) is 12.3. The van der Waals surface area contributed by atoms with Gasteiger partial charge in [0.1, 0.15) is 5.75 Å². The minimum absolute atomic E-state index is 0.191. The fourth-order valence-corrected chi connectivity index (χ4v) is 1.61. The van der Waals surface area contributed by atoms with E-state index in [1.165, 1.54) is 0 Å². The van der Waals surface area contributed by atoms with Crippen molar-refractivity contribution in [3.63, 3.8) is 0 Å². The molecule has 1 unspecified atom stereocenters. The topological polar surface area (TPSA) is 65.0 Å². The van der Waals surface area contributed by atoms with Crippen LogP contribution < -0.4 is 14.2 Å². The van der Waals surface area contributed by atoms with Gasteiger partial charge < -0.3 is 19.3 Å². The minimum atomic E-state index is -0.954. The highest BCUT2D eigenvalue weighted by Gasteiger charge is 2.20. The third-order valence-corrected chi connectivity index (χ3v) is 2.45. The molecule has 1 aliphatic rings. The van der Waals surface area contributed by atoms with Crippen molar-refractivity contribution in [2.75, 3.05) is 6.79 Å². The molecule has 0 bridgehead atoms. The van der Waals surface area contributed by atoms with Crippen molar-refractivity contribution in [3.05, 3.63) is 18.2 Å². The first-order valence-corrected chi connectivity index (χ1v) is 5.50. The predicted octanol–water partition coefficient (Wildman–Crippen LogP) is 2.05. The number of aliphatic carboxylic acids is 1. The van der Waals surface area contributed by atoms with Crippen molar-refractivity contribution >= 4 is 5.97 Å². The quantitative estimate of drug-likeness (QED) is 0.850. The third kappa shape index (κ3) is 2.61. The van der Waals surface area contributed by atoms with Crippen LogP contribution in [0.1, 0.15) is 19.8 Å². The first kappa shape index (κ1) is 11.6. The molecule has 0 amide bonds. The number of ether oxygens (including phenoxy) is 3. The molecule has 2 rings (SSSR count). The molecule has 5 heteroatoms. The maximum Gasteiger partial charge on any atom is 0.344 e. The first-order chi connectivity index (χ1) is 8.20. The lowest BCUT2D eigenvalue weighted by atomic mass is 10.2. The zero-order valence-electron chi connectivity index (χ0n) is 9.51. The largest absolute Gasteiger partial charge is 0.479 e. The van der Waals surface area contributed by atoms with Gasteiger partial charge in [-0.15, -0.1) is 0 Å². The summed E-state index contributed by atoms with van der Waals surface area (Å²) in [5.41, 5.74) is 0. The Labute approximate surface area is 98.9 Å². The average molecular weight is 238 g/mol.